The summed E-state index contributed by atoms with van der Waals surface area (Å²) in [5.41, 5.74) is 1.75. The number of ether oxygens (including phenoxy) is 3. The van der Waals surface area contributed by atoms with Crippen LogP contribution in [0.1, 0.15) is 21.6 Å². The second kappa shape index (κ2) is 12.5. The lowest BCUT2D eigenvalue weighted by Crippen LogP contribution is -2.34. The van der Waals surface area contributed by atoms with Crippen molar-refractivity contribution >= 4 is 15.7 Å². The zero-order valence-corrected chi connectivity index (χ0v) is 21.0. The van der Waals surface area contributed by atoms with E-state index >= 15 is 0 Å². The van der Waals surface area contributed by atoms with E-state index in [0.717, 1.165) is 0 Å². The Morgan fingerprint density at radius 3 is 2.29 bits per heavy atom. The summed E-state index contributed by atoms with van der Waals surface area (Å²) in [5.74, 6) is 0.268. The molecule has 0 atom stereocenters. The average molecular weight is 502 g/mol. The highest BCUT2D eigenvalue weighted by atomic mass is 32.2. The Kier molecular flexibility index (Phi) is 9.41. The molecule has 10 heteroatoms. The maximum Gasteiger partial charge on any atom is 0.254 e. The highest BCUT2D eigenvalue weighted by molar-refractivity contribution is 7.90. The van der Waals surface area contributed by atoms with Crippen LogP contribution in [0, 0.1) is 0 Å². The lowest BCUT2D eigenvalue weighted by molar-refractivity contribution is 0.0674. The first-order valence-electron chi connectivity index (χ1n) is 11.1. The topological polar surface area (TPSA) is 100.0 Å². The van der Waals surface area contributed by atoms with Crippen LogP contribution in [0.4, 0.5) is 0 Å². The molecule has 0 unspecified atom stereocenters. The van der Waals surface area contributed by atoms with Crippen molar-refractivity contribution in [3.8, 4) is 5.75 Å². The van der Waals surface area contributed by atoms with Crippen molar-refractivity contribution in [1.82, 2.24) is 14.5 Å². The van der Waals surface area contributed by atoms with Crippen molar-refractivity contribution in [2.24, 2.45) is 0 Å². The maximum atomic E-state index is 13.3. The van der Waals surface area contributed by atoms with Gasteiger partial charge in [0, 0.05) is 32.9 Å². The molecule has 188 valence electrons. The Hall–Kier alpha value is -3.21. The number of rotatable bonds is 13. The summed E-state index contributed by atoms with van der Waals surface area (Å²) in [6.45, 7) is 1.38. The first kappa shape index (κ1) is 26.4. The predicted octanol–water partition coefficient (Wildman–Crippen LogP) is 2.80. The monoisotopic (exact) mass is 501 g/mol. The van der Waals surface area contributed by atoms with Crippen LogP contribution in [0.25, 0.3) is 0 Å². The number of imidazole rings is 1. The molecule has 0 aliphatic heterocycles. The molecule has 2 aromatic carbocycles. The summed E-state index contributed by atoms with van der Waals surface area (Å²) >= 11 is 0. The fraction of sp³-hybridized carbons (Fsp3) is 0.360. The predicted molar refractivity (Wildman–Crippen MR) is 131 cm³/mol. The molecule has 3 rings (SSSR count). The van der Waals surface area contributed by atoms with E-state index in [1.807, 2.05) is 6.07 Å². The first-order valence-corrected chi connectivity index (χ1v) is 12.8. The van der Waals surface area contributed by atoms with Crippen molar-refractivity contribution in [2.45, 2.75) is 24.0 Å². The minimum atomic E-state index is -3.73. The molecule has 3 aromatic rings. The van der Waals surface area contributed by atoms with Gasteiger partial charge in [-0.15, -0.1) is 0 Å². The van der Waals surface area contributed by atoms with Crippen LogP contribution < -0.4 is 4.74 Å². The number of nitrogens with zero attached hydrogens (tertiary/aromatic N) is 3. The van der Waals surface area contributed by atoms with Gasteiger partial charge in [0.05, 0.1) is 44.5 Å². The van der Waals surface area contributed by atoms with E-state index in [0.29, 0.717) is 42.3 Å². The minimum Gasteiger partial charge on any atom is -0.497 e. The van der Waals surface area contributed by atoms with Crippen LogP contribution in [-0.2, 0) is 38.2 Å². The van der Waals surface area contributed by atoms with E-state index < -0.39 is 9.84 Å². The summed E-state index contributed by atoms with van der Waals surface area (Å²) in [6, 6.07) is 15.8. The standard InChI is InChI=1S/C25H31N3O6S/c1-32-15-13-27(24(29)21-9-11-23(34-3)12-10-21)18-22-17-26-25(28(22)14-16-33-2)35(30,31)19-20-7-5-4-6-8-20/h4-12,17H,13-16,18-19H2,1-3H3. The summed E-state index contributed by atoms with van der Waals surface area (Å²) in [4.78, 5) is 19.2. The third-order valence-corrected chi connectivity index (χ3v) is 7.04. The van der Waals surface area contributed by atoms with Crippen LogP contribution in [0.2, 0.25) is 0 Å². The molecule has 1 heterocycles. The molecule has 0 radical (unpaired) electrons. The number of hydrogen-bond donors (Lipinski definition) is 0. The molecule has 1 aromatic heterocycles. The molecule has 0 fully saturated rings. The SMILES string of the molecule is COCCN(Cc1cnc(S(=O)(=O)Cc2ccccc2)n1CCOC)C(=O)c1ccc(OC)cc1. The molecule has 0 saturated carbocycles. The molecule has 1 amide bonds. The van der Waals surface area contributed by atoms with Gasteiger partial charge in [0.1, 0.15) is 5.75 Å². The highest BCUT2D eigenvalue weighted by Gasteiger charge is 2.26. The summed E-state index contributed by atoms with van der Waals surface area (Å²) < 4.78 is 43.7. The number of amides is 1. The van der Waals surface area contributed by atoms with E-state index in [9.17, 15) is 13.2 Å². The molecule has 0 aliphatic carbocycles. The Morgan fingerprint density at radius 1 is 0.971 bits per heavy atom. The molecule has 35 heavy (non-hydrogen) atoms. The Morgan fingerprint density at radius 2 is 1.66 bits per heavy atom. The molecule has 9 nitrogen and oxygen atoms in total. The largest absolute Gasteiger partial charge is 0.497 e. The van der Waals surface area contributed by atoms with E-state index in [4.69, 9.17) is 14.2 Å². The number of carbonyl (C=O) groups excluding carboxylic acids is 1. The van der Waals surface area contributed by atoms with Crippen LogP contribution in [0.15, 0.2) is 66.0 Å². The van der Waals surface area contributed by atoms with E-state index in [1.54, 1.807) is 79.3 Å². The van der Waals surface area contributed by atoms with Crippen molar-refractivity contribution in [3.05, 3.63) is 77.6 Å². The van der Waals surface area contributed by atoms with Crippen LogP contribution in [0.3, 0.4) is 0 Å². The van der Waals surface area contributed by atoms with Crippen LogP contribution in [0.5, 0.6) is 5.75 Å². The molecule has 0 aliphatic rings. The quantitative estimate of drug-likeness (QED) is 0.355. The Bertz CT molecular complexity index is 1190. The number of aromatic nitrogens is 2. The van der Waals surface area contributed by atoms with Crippen molar-refractivity contribution in [1.29, 1.82) is 0 Å². The van der Waals surface area contributed by atoms with Gasteiger partial charge in [-0.05, 0) is 29.8 Å². The second-order valence-corrected chi connectivity index (χ2v) is 9.75. The van der Waals surface area contributed by atoms with Gasteiger partial charge < -0.3 is 23.7 Å². The summed E-state index contributed by atoms with van der Waals surface area (Å²) in [6.07, 6.45) is 1.51. The summed E-state index contributed by atoms with van der Waals surface area (Å²) in [7, 11) is 0.941. The number of carbonyl (C=O) groups is 1. The molecular formula is C25H31N3O6S. The molecule has 0 bridgehead atoms. The van der Waals surface area contributed by atoms with Gasteiger partial charge in [-0.25, -0.2) is 13.4 Å². The lowest BCUT2D eigenvalue weighted by Gasteiger charge is -2.23. The minimum absolute atomic E-state index is 0.0445. The van der Waals surface area contributed by atoms with E-state index in [-0.39, 0.29) is 29.9 Å². The Balaban J connectivity index is 1.91. The first-order chi connectivity index (χ1) is 16.9. The third-order valence-electron chi connectivity index (χ3n) is 5.44. The number of benzene rings is 2. The highest BCUT2D eigenvalue weighted by Crippen LogP contribution is 2.20. The zero-order valence-electron chi connectivity index (χ0n) is 20.2. The average Bonchev–Trinajstić information content (AvgIpc) is 3.28. The zero-order chi connectivity index (χ0) is 25.3. The summed E-state index contributed by atoms with van der Waals surface area (Å²) in [5, 5.41) is -0.0445. The third kappa shape index (κ3) is 6.91. The van der Waals surface area contributed by atoms with E-state index in [2.05, 4.69) is 4.98 Å². The molecule has 0 saturated heterocycles. The van der Waals surface area contributed by atoms with Gasteiger partial charge >= 0.3 is 0 Å². The van der Waals surface area contributed by atoms with Crippen LogP contribution >= 0.6 is 0 Å². The van der Waals surface area contributed by atoms with Gasteiger partial charge in [0.25, 0.3) is 5.91 Å². The fourth-order valence-electron chi connectivity index (χ4n) is 3.61. The second-order valence-electron chi connectivity index (χ2n) is 7.87. The smallest absolute Gasteiger partial charge is 0.254 e. The van der Waals surface area contributed by atoms with Gasteiger partial charge in [-0.3, -0.25) is 4.79 Å². The van der Waals surface area contributed by atoms with Crippen molar-refractivity contribution in [2.75, 3.05) is 41.1 Å². The van der Waals surface area contributed by atoms with Gasteiger partial charge in [-0.1, -0.05) is 30.3 Å². The fourth-order valence-corrected chi connectivity index (χ4v) is 5.13. The van der Waals surface area contributed by atoms with Crippen molar-refractivity contribution < 1.29 is 27.4 Å². The maximum absolute atomic E-state index is 13.3. The van der Waals surface area contributed by atoms with Crippen molar-refractivity contribution in [3.63, 3.8) is 0 Å². The van der Waals surface area contributed by atoms with Crippen LogP contribution in [-0.4, -0.2) is 69.9 Å². The molecule has 0 N–H and O–H groups in total. The van der Waals surface area contributed by atoms with E-state index in [1.165, 1.54) is 6.20 Å². The normalized spacial score (nSPS) is 11.4. The lowest BCUT2D eigenvalue weighted by atomic mass is 10.2. The molecular weight excluding hydrogens is 470 g/mol. The number of hydrogen-bond acceptors (Lipinski definition) is 7. The number of sulfone groups is 1. The molecule has 0 spiro atoms. The van der Waals surface area contributed by atoms with Gasteiger partial charge in [0.15, 0.2) is 0 Å². The Labute approximate surface area is 206 Å². The van der Waals surface area contributed by atoms with Gasteiger partial charge in [0.2, 0.25) is 15.0 Å². The number of methoxy groups -OCH3 is 3. The van der Waals surface area contributed by atoms with Gasteiger partial charge in [-0.2, -0.15) is 0 Å².